The lowest BCUT2D eigenvalue weighted by Crippen LogP contribution is -2.49. The number of likely N-dealkylation sites (tertiary alicyclic amines) is 1. The van der Waals surface area contributed by atoms with Crippen LogP contribution in [-0.4, -0.2) is 50.2 Å². The Morgan fingerprint density at radius 1 is 1.08 bits per heavy atom. The molecule has 1 N–H and O–H groups in total. The molecule has 3 aromatic rings. The average molecular weight is 349 g/mol. The predicted molar refractivity (Wildman–Crippen MR) is 95.8 cm³/mol. The van der Waals surface area contributed by atoms with Crippen LogP contribution < -0.4 is 5.32 Å². The van der Waals surface area contributed by atoms with E-state index >= 15 is 0 Å². The van der Waals surface area contributed by atoms with Crippen LogP contribution in [0.1, 0.15) is 33.7 Å². The highest BCUT2D eigenvalue weighted by atomic mass is 16.2. The molecule has 0 radical (unpaired) electrons. The number of aromatic nitrogens is 3. The minimum atomic E-state index is -0.263. The zero-order valence-corrected chi connectivity index (χ0v) is 14.2. The molecule has 132 valence electrons. The first-order valence-corrected chi connectivity index (χ1v) is 8.65. The number of benzene rings is 1. The molecule has 0 unspecified atom stereocenters. The zero-order valence-electron chi connectivity index (χ0n) is 14.2. The molecule has 3 heterocycles. The van der Waals surface area contributed by atoms with E-state index in [2.05, 4.69) is 15.3 Å². The van der Waals surface area contributed by atoms with E-state index in [-0.39, 0.29) is 17.9 Å². The molecular formula is C19H19N5O2. The molecule has 1 aliphatic heterocycles. The van der Waals surface area contributed by atoms with Gasteiger partial charge in [0.1, 0.15) is 0 Å². The van der Waals surface area contributed by atoms with Gasteiger partial charge in [-0.05, 0) is 25.0 Å². The topological polar surface area (TPSA) is 79.6 Å². The summed E-state index contributed by atoms with van der Waals surface area (Å²) in [6, 6.07) is 9.13. The second-order valence-electron chi connectivity index (χ2n) is 6.36. The van der Waals surface area contributed by atoms with Crippen molar-refractivity contribution < 1.29 is 9.59 Å². The van der Waals surface area contributed by atoms with E-state index in [0.29, 0.717) is 30.0 Å². The Morgan fingerprint density at radius 3 is 2.65 bits per heavy atom. The van der Waals surface area contributed by atoms with Crippen LogP contribution in [-0.2, 0) is 0 Å². The highest BCUT2D eigenvalue weighted by Gasteiger charge is 2.26. The maximum absolute atomic E-state index is 12.6. The maximum Gasteiger partial charge on any atom is 0.274 e. The number of nitrogens with zero attached hydrogens (tertiary/aromatic N) is 4. The van der Waals surface area contributed by atoms with Crippen molar-refractivity contribution in [2.45, 2.75) is 18.9 Å². The highest BCUT2D eigenvalue weighted by molar-refractivity contribution is 5.98. The fourth-order valence-electron chi connectivity index (χ4n) is 3.31. The van der Waals surface area contributed by atoms with Crippen LogP contribution in [0.4, 0.5) is 0 Å². The van der Waals surface area contributed by atoms with Gasteiger partial charge in [0.15, 0.2) is 11.3 Å². The normalized spacial score (nSPS) is 17.2. The number of carbonyl (C=O) groups excluding carboxylic acids is 2. The first-order chi connectivity index (χ1) is 12.7. The Balaban J connectivity index is 1.46. The Labute approximate surface area is 150 Å². The third-order valence-electron chi connectivity index (χ3n) is 4.59. The fraction of sp³-hybridized carbons (Fsp3) is 0.263. The molecule has 1 atom stereocenters. The van der Waals surface area contributed by atoms with Crippen molar-refractivity contribution in [3.05, 3.63) is 66.4 Å². The number of imidazole rings is 1. The number of hydrogen-bond donors (Lipinski definition) is 1. The molecule has 1 aliphatic rings. The summed E-state index contributed by atoms with van der Waals surface area (Å²) in [4.78, 5) is 35.4. The van der Waals surface area contributed by atoms with Gasteiger partial charge in [-0.25, -0.2) is 9.97 Å². The molecule has 1 fully saturated rings. The van der Waals surface area contributed by atoms with Gasteiger partial charge in [0, 0.05) is 49.5 Å². The maximum atomic E-state index is 12.6. The van der Waals surface area contributed by atoms with Crippen LogP contribution >= 0.6 is 0 Å². The van der Waals surface area contributed by atoms with Gasteiger partial charge in [0.25, 0.3) is 11.8 Å². The van der Waals surface area contributed by atoms with Crippen LogP contribution in [0, 0.1) is 0 Å². The summed E-state index contributed by atoms with van der Waals surface area (Å²) in [6.45, 7) is 1.20. The minimum Gasteiger partial charge on any atom is -0.346 e. The molecule has 2 aromatic heterocycles. The molecule has 2 amide bonds. The third kappa shape index (κ3) is 3.15. The monoisotopic (exact) mass is 349 g/mol. The molecule has 7 heteroatoms. The van der Waals surface area contributed by atoms with Crippen molar-refractivity contribution in [1.82, 2.24) is 24.6 Å². The summed E-state index contributed by atoms with van der Waals surface area (Å²) >= 11 is 0. The van der Waals surface area contributed by atoms with Gasteiger partial charge in [0.05, 0.1) is 0 Å². The van der Waals surface area contributed by atoms with Crippen molar-refractivity contribution >= 4 is 17.5 Å². The molecule has 0 aliphatic carbocycles. The van der Waals surface area contributed by atoms with E-state index in [1.165, 1.54) is 0 Å². The zero-order chi connectivity index (χ0) is 17.9. The summed E-state index contributed by atoms with van der Waals surface area (Å²) in [5.41, 5.74) is 1.49. The van der Waals surface area contributed by atoms with Gasteiger partial charge in [-0.3, -0.25) is 9.59 Å². The molecule has 26 heavy (non-hydrogen) atoms. The van der Waals surface area contributed by atoms with Crippen molar-refractivity contribution in [3.63, 3.8) is 0 Å². The van der Waals surface area contributed by atoms with E-state index in [1.54, 1.807) is 34.1 Å². The first-order valence-electron chi connectivity index (χ1n) is 8.65. The summed E-state index contributed by atoms with van der Waals surface area (Å²) < 4.78 is 1.76. The van der Waals surface area contributed by atoms with Gasteiger partial charge in [-0.15, -0.1) is 0 Å². The summed E-state index contributed by atoms with van der Waals surface area (Å²) in [5.74, 6) is -0.265. The predicted octanol–water partition coefficient (Wildman–Crippen LogP) is 1.76. The van der Waals surface area contributed by atoms with E-state index in [1.807, 2.05) is 30.3 Å². The molecule has 0 saturated carbocycles. The lowest BCUT2D eigenvalue weighted by Gasteiger charge is -2.33. The average Bonchev–Trinajstić information content (AvgIpc) is 3.17. The second kappa shape index (κ2) is 6.95. The van der Waals surface area contributed by atoms with Crippen LogP contribution in [0.3, 0.4) is 0 Å². The number of fused-ring (bicyclic) bond motifs is 1. The smallest absolute Gasteiger partial charge is 0.274 e. The van der Waals surface area contributed by atoms with Crippen molar-refractivity contribution in [3.8, 4) is 0 Å². The van der Waals surface area contributed by atoms with Gasteiger partial charge in [-0.2, -0.15) is 0 Å². The second-order valence-corrected chi connectivity index (χ2v) is 6.36. The number of piperidine rings is 1. The summed E-state index contributed by atoms with van der Waals surface area (Å²) in [5, 5.41) is 3.00. The van der Waals surface area contributed by atoms with Crippen LogP contribution in [0.15, 0.2) is 55.1 Å². The lowest BCUT2D eigenvalue weighted by molar-refractivity contribution is 0.0675. The van der Waals surface area contributed by atoms with Gasteiger partial charge >= 0.3 is 0 Å². The molecule has 0 bridgehead atoms. The van der Waals surface area contributed by atoms with Crippen LogP contribution in [0.25, 0.3) is 5.65 Å². The molecule has 7 nitrogen and oxygen atoms in total. The largest absolute Gasteiger partial charge is 0.346 e. The Morgan fingerprint density at radius 2 is 1.85 bits per heavy atom. The van der Waals surface area contributed by atoms with Gasteiger partial charge in [0.2, 0.25) is 0 Å². The Bertz CT molecular complexity index is 937. The molecule has 1 saturated heterocycles. The summed E-state index contributed by atoms with van der Waals surface area (Å²) in [6.07, 6.45) is 8.42. The highest BCUT2D eigenvalue weighted by Crippen LogP contribution is 2.15. The quantitative estimate of drug-likeness (QED) is 0.781. The van der Waals surface area contributed by atoms with Crippen molar-refractivity contribution in [2.24, 2.45) is 0 Å². The number of nitrogens with one attached hydrogen (secondary N) is 1. The van der Waals surface area contributed by atoms with E-state index < -0.39 is 0 Å². The number of amides is 2. The molecule has 4 rings (SSSR count). The SMILES string of the molecule is O=C(N[C@H]1CCCN(C(=O)c2ccccc2)C1)c1nccn2ccnc12. The third-order valence-corrected chi connectivity index (χ3v) is 4.59. The Kier molecular flexibility index (Phi) is 4.35. The number of carbonyl (C=O) groups is 2. The van der Waals surface area contributed by atoms with Gasteiger partial charge in [-0.1, -0.05) is 18.2 Å². The minimum absolute atomic E-state index is 0.00182. The number of hydrogen-bond acceptors (Lipinski definition) is 4. The van der Waals surface area contributed by atoms with E-state index in [9.17, 15) is 9.59 Å². The fourth-order valence-corrected chi connectivity index (χ4v) is 3.31. The van der Waals surface area contributed by atoms with Crippen LogP contribution in [0.2, 0.25) is 0 Å². The standard InChI is InChI=1S/C19H19N5O2/c25-18(16-17-21-9-12-23(17)11-8-20-16)22-15-7-4-10-24(13-15)19(26)14-5-2-1-3-6-14/h1-3,5-6,8-9,11-12,15H,4,7,10,13H2,(H,22,25)/t15-/m0/s1. The van der Waals surface area contributed by atoms with Crippen molar-refractivity contribution in [2.75, 3.05) is 13.1 Å². The van der Waals surface area contributed by atoms with Gasteiger partial charge < -0.3 is 14.6 Å². The summed E-state index contributed by atoms with van der Waals surface area (Å²) in [7, 11) is 0. The van der Waals surface area contributed by atoms with Crippen LogP contribution in [0.5, 0.6) is 0 Å². The number of rotatable bonds is 3. The first kappa shape index (κ1) is 16.3. The van der Waals surface area contributed by atoms with E-state index in [4.69, 9.17) is 0 Å². The molecule has 0 spiro atoms. The Hall–Kier alpha value is -3.22. The van der Waals surface area contributed by atoms with Crippen molar-refractivity contribution in [1.29, 1.82) is 0 Å². The lowest BCUT2D eigenvalue weighted by atomic mass is 10.0. The molecule has 1 aromatic carbocycles. The molecular weight excluding hydrogens is 330 g/mol. The van der Waals surface area contributed by atoms with E-state index in [0.717, 1.165) is 12.8 Å².